The average Bonchev–Trinajstić information content (AvgIpc) is 2.55. The molecule has 3 heteroatoms. The molecule has 0 aromatic heterocycles. The Balaban J connectivity index is 1.63. The number of carbonyl (C=O) groups is 2. The van der Waals surface area contributed by atoms with Crippen LogP contribution in [0.3, 0.4) is 0 Å². The zero-order chi connectivity index (χ0) is 15.6. The van der Waals surface area contributed by atoms with E-state index in [9.17, 15) is 9.59 Å². The van der Waals surface area contributed by atoms with Gasteiger partial charge in [-0.05, 0) is 30.4 Å². The van der Waals surface area contributed by atoms with E-state index >= 15 is 0 Å². The molecule has 0 aliphatic rings. The standard InChI is InChI=1S/C19H20O3/c20-18(13-7-12-16-8-3-1-4-9-16)22-19(21)15-14-17-10-5-2-6-11-17/h1-6,8-11H,7,12-15H2. The zero-order valence-corrected chi connectivity index (χ0v) is 12.5. The van der Waals surface area contributed by atoms with E-state index in [1.165, 1.54) is 5.56 Å². The number of carbonyl (C=O) groups excluding carboxylic acids is 2. The van der Waals surface area contributed by atoms with Gasteiger partial charge in [0.1, 0.15) is 0 Å². The van der Waals surface area contributed by atoms with Gasteiger partial charge < -0.3 is 4.74 Å². The van der Waals surface area contributed by atoms with Crippen LogP contribution in [0.5, 0.6) is 0 Å². The van der Waals surface area contributed by atoms with E-state index in [2.05, 4.69) is 0 Å². The predicted molar refractivity (Wildman–Crippen MR) is 85.2 cm³/mol. The maximum Gasteiger partial charge on any atom is 0.313 e. The topological polar surface area (TPSA) is 43.4 Å². The van der Waals surface area contributed by atoms with Crippen molar-refractivity contribution < 1.29 is 14.3 Å². The maximum absolute atomic E-state index is 11.6. The van der Waals surface area contributed by atoms with E-state index in [4.69, 9.17) is 4.74 Å². The Hall–Kier alpha value is -2.42. The average molecular weight is 296 g/mol. The molecule has 0 spiro atoms. The molecular formula is C19H20O3. The van der Waals surface area contributed by atoms with Gasteiger partial charge in [-0.1, -0.05) is 60.7 Å². The summed E-state index contributed by atoms with van der Waals surface area (Å²) < 4.78 is 4.83. The first-order valence-electron chi connectivity index (χ1n) is 7.55. The van der Waals surface area contributed by atoms with Crippen molar-refractivity contribution in [3.8, 4) is 0 Å². The van der Waals surface area contributed by atoms with Gasteiger partial charge >= 0.3 is 11.9 Å². The summed E-state index contributed by atoms with van der Waals surface area (Å²) in [5.74, 6) is -0.887. The van der Waals surface area contributed by atoms with Crippen molar-refractivity contribution >= 4 is 11.9 Å². The fraction of sp³-hybridized carbons (Fsp3) is 0.263. The van der Waals surface area contributed by atoms with Gasteiger partial charge in [0.05, 0.1) is 6.42 Å². The molecule has 0 N–H and O–H groups in total. The molecular weight excluding hydrogens is 276 g/mol. The third-order valence-corrected chi connectivity index (χ3v) is 3.38. The lowest BCUT2D eigenvalue weighted by atomic mass is 10.1. The lowest BCUT2D eigenvalue weighted by molar-refractivity contribution is -0.159. The van der Waals surface area contributed by atoms with Crippen molar-refractivity contribution in [2.24, 2.45) is 0 Å². The van der Waals surface area contributed by atoms with Crippen LogP contribution in [0.2, 0.25) is 0 Å². The molecule has 0 bridgehead atoms. The van der Waals surface area contributed by atoms with Gasteiger partial charge in [0.25, 0.3) is 0 Å². The zero-order valence-electron chi connectivity index (χ0n) is 12.5. The molecule has 22 heavy (non-hydrogen) atoms. The van der Waals surface area contributed by atoms with Crippen LogP contribution in [-0.4, -0.2) is 11.9 Å². The third kappa shape index (κ3) is 5.92. The van der Waals surface area contributed by atoms with Crippen molar-refractivity contribution in [3.63, 3.8) is 0 Å². The molecule has 0 radical (unpaired) electrons. The molecule has 0 aliphatic carbocycles. The summed E-state index contributed by atoms with van der Waals surface area (Å²) in [6, 6.07) is 19.6. The van der Waals surface area contributed by atoms with Crippen molar-refractivity contribution in [2.45, 2.75) is 32.1 Å². The first-order chi connectivity index (χ1) is 10.7. The first kappa shape index (κ1) is 16.0. The van der Waals surface area contributed by atoms with Crippen LogP contribution in [0, 0.1) is 0 Å². The van der Waals surface area contributed by atoms with Crippen LogP contribution in [0.4, 0.5) is 0 Å². The molecule has 0 fully saturated rings. The molecule has 0 heterocycles. The molecule has 3 nitrogen and oxygen atoms in total. The van der Waals surface area contributed by atoms with E-state index in [0.29, 0.717) is 12.8 Å². The second-order valence-electron chi connectivity index (χ2n) is 5.17. The summed E-state index contributed by atoms with van der Waals surface area (Å²) in [6.45, 7) is 0. The summed E-state index contributed by atoms with van der Waals surface area (Å²) >= 11 is 0. The normalized spacial score (nSPS) is 10.2. The molecule has 0 saturated heterocycles. The highest BCUT2D eigenvalue weighted by molar-refractivity contribution is 5.85. The van der Waals surface area contributed by atoms with Crippen LogP contribution in [0.25, 0.3) is 0 Å². The Bertz CT molecular complexity index is 591. The Morgan fingerprint density at radius 1 is 0.682 bits per heavy atom. The fourth-order valence-corrected chi connectivity index (χ4v) is 2.20. The summed E-state index contributed by atoms with van der Waals surface area (Å²) in [6.07, 6.45) is 2.60. The molecule has 0 unspecified atom stereocenters. The Morgan fingerprint density at radius 3 is 1.77 bits per heavy atom. The third-order valence-electron chi connectivity index (χ3n) is 3.38. The highest BCUT2D eigenvalue weighted by atomic mass is 16.6. The van der Waals surface area contributed by atoms with Crippen LogP contribution in [-0.2, 0) is 27.2 Å². The molecule has 0 amide bonds. The molecule has 0 aliphatic heterocycles. The van der Waals surface area contributed by atoms with E-state index in [-0.39, 0.29) is 12.8 Å². The number of ether oxygens (including phenoxy) is 1. The fourth-order valence-electron chi connectivity index (χ4n) is 2.20. The summed E-state index contributed by atoms with van der Waals surface area (Å²) in [5.41, 5.74) is 2.25. The smallest absolute Gasteiger partial charge is 0.313 e. The first-order valence-corrected chi connectivity index (χ1v) is 7.55. The van der Waals surface area contributed by atoms with Gasteiger partial charge in [-0.2, -0.15) is 0 Å². The lowest BCUT2D eigenvalue weighted by Gasteiger charge is -2.04. The number of benzene rings is 2. The van der Waals surface area contributed by atoms with Crippen molar-refractivity contribution in [1.29, 1.82) is 0 Å². The quantitative estimate of drug-likeness (QED) is 0.578. The minimum absolute atomic E-state index is 0.231. The van der Waals surface area contributed by atoms with Crippen LogP contribution >= 0.6 is 0 Å². The highest BCUT2D eigenvalue weighted by Gasteiger charge is 2.10. The predicted octanol–water partition coefficient (Wildman–Crippen LogP) is 3.71. The van der Waals surface area contributed by atoms with Gasteiger partial charge in [0.15, 0.2) is 0 Å². The van der Waals surface area contributed by atoms with Gasteiger partial charge in [-0.25, -0.2) is 0 Å². The van der Waals surface area contributed by atoms with E-state index < -0.39 is 11.9 Å². The molecule has 114 valence electrons. The van der Waals surface area contributed by atoms with E-state index in [1.54, 1.807) is 0 Å². The number of hydrogen-bond acceptors (Lipinski definition) is 3. The second-order valence-corrected chi connectivity index (χ2v) is 5.17. The van der Waals surface area contributed by atoms with Crippen LogP contribution in [0.1, 0.15) is 30.4 Å². The molecule has 2 aromatic rings. The van der Waals surface area contributed by atoms with Crippen molar-refractivity contribution in [2.75, 3.05) is 0 Å². The Labute approximate surface area is 130 Å². The number of rotatable bonds is 7. The Morgan fingerprint density at radius 2 is 1.18 bits per heavy atom. The van der Waals surface area contributed by atoms with Crippen molar-refractivity contribution in [1.82, 2.24) is 0 Å². The lowest BCUT2D eigenvalue weighted by Crippen LogP contribution is -2.13. The molecule has 0 saturated carbocycles. The summed E-state index contributed by atoms with van der Waals surface area (Å²) in [4.78, 5) is 23.2. The second kappa shape index (κ2) is 8.78. The van der Waals surface area contributed by atoms with Crippen molar-refractivity contribution in [3.05, 3.63) is 71.8 Å². The highest BCUT2D eigenvalue weighted by Crippen LogP contribution is 2.07. The Kier molecular flexibility index (Phi) is 6.37. The number of aryl methyl sites for hydroxylation is 2. The SMILES string of the molecule is O=C(CCCc1ccccc1)OC(=O)CCc1ccccc1. The van der Waals surface area contributed by atoms with E-state index in [0.717, 1.165) is 12.0 Å². The molecule has 2 aromatic carbocycles. The van der Waals surface area contributed by atoms with Crippen LogP contribution in [0.15, 0.2) is 60.7 Å². The minimum Gasteiger partial charge on any atom is -0.393 e. The largest absolute Gasteiger partial charge is 0.393 e. The van der Waals surface area contributed by atoms with Gasteiger partial charge in [-0.3, -0.25) is 9.59 Å². The van der Waals surface area contributed by atoms with Gasteiger partial charge in [-0.15, -0.1) is 0 Å². The minimum atomic E-state index is -0.450. The van der Waals surface area contributed by atoms with Gasteiger partial charge in [0.2, 0.25) is 0 Å². The maximum atomic E-state index is 11.6. The number of esters is 2. The molecule has 0 atom stereocenters. The van der Waals surface area contributed by atoms with E-state index in [1.807, 2.05) is 60.7 Å². The molecule has 2 rings (SSSR count). The number of hydrogen-bond donors (Lipinski definition) is 0. The van der Waals surface area contributed by atoms with Gasteiger partial charge in [0, 0.05) is 6.42 Å². The van der Waals surface area contributed by atoms with Crippen LogP contribution < -0.4 is 0 Å². The monoisotopic (exact) mass is 296 g/mol. The summed E-state index contributed by atoms with van der Waals surface area (Å²) in [5, 5.41) is 0. The summed E-state index contributed by atoms with van der Waals surface area (Å²) in [7, 11) is 0.